The number of benzene rings is 1. The molecule has 1 N–H and O–H groups in total. The number of hydrogen-bond acceptors (Lipinski definition) is 4. The minimum atomic E-state index is -0.0525. The van der Waals surface area contributed by atoms with Gasteiger partial charge in [0.05, 0.1) is 24.3 Å². The molecule has 2 aromatic rings. The largest absolute Gasteiger partial charge is 0.390 e. The van der Waals surface area contributed by atoms with Crippen molar-refractivity contribution in [3.05, 3.63) is 42.2 Å². The molecular formula is C15H19N3O2S. The molecule has 0 bridgehead atoms. The van der Waals surface area contributed by atoms with Crippen LogP contribution >= 0.6 is 11.8 Å². The van der Waals surface area contributed by atoms with Gasteiger partial charge >= 0.3 is 0 Å². The first-order chi connectivity index (χ1) is 10.2. The van der Waals surface area contributed by atoms with E-state index in [0.717, 1.165) is 16.5 Å². The van der Waals surface area contributed by atoms with Gasteiger partial charge in [-0.25, -0.2) is 4.98 Å². The summed E-state index contributed by atoms with van der Waals surface area (Å²) in [6, 6.07) is 9.63. The first-order valence-electron chi connectivity index (χ1n) is 6.77. The lowest BCUT2D eigenvalue weighted by molar-refractivity contribution is -0.116. The van der Waals surface area contributed by atoms with E-state index in [9.17, 15) is 4.79 Å². The number of hydrogen-bond donors (Lipinski definition) is 1. The van der Waals surface area contributed by atoms with Crippen LogP contribution in [-0.4, -0.2) is 32.9 Å². The molecule has 0 radical (unpaired) electrons. The van der Waals surface area contributed by atoms with Crippen molar-refractivity contribution in [1.29, 1.82) is 0 Å². The predicted molar refractivity (Wildman–Crippen MR) is 84.3 cm³/mol. The predicted octanol–water partition coefficient (Wildman–Crippen LogP) is 2.06. The van der Waals surface area contributed by atoms with Crippen molar-refractivity contribution < 1.29 is 9.90 Å². The summed E-state index contributed by atoms with van der Waals surface area (Å²) in [7, 11) is 1.83. The molecule has 1 aromatic heterocycles. The van der Waals surface area contributed by atoms with Crippen LogP contribution < -0.4 is 4.90 Å². The van der Waals surface area contributed by atoms with Gasteiger partial charge in [0.15, 0.2) is 5.16 Å². The molecule has 1 aromatic carbocycles. The molecule has 6 heteroatoms. The standard InChI is InChI=1S/C15H19N3O2S/c1-3-18(12-7-5-4-6-8-12)14(20)11-21-15-16-9-13(10-19)17(15)2/h4-9,19H,3,10-11H2,1-2H3. The zero-order valence-corrected chi connectivity index (χ0v) is 13.0. The van der Waals surface area contributed by atoms with Gasteiger partial charge in [-0.3, -0.25) is 4.79 Å². The van der Waals surface area contributed by atoms with Crippen molar-refractivity contribution >= 4 is 23.4 Å². The second-order valence-corrected chi connectivity index (χ2v) is 5.45. The van der Waals surface area contributed by atoms with E-state index in [2.05, 4.69) is 4.98 Å². The molecule has 0 aliphatic carbocycles. The van der Waals surface area contributed by atoms with E-state index in [-0.39, 0.29) is 12.5 Å². The monoisotopic (exact) mass is 305 g/mol. The summed E-state index contributed by atoms with van der Waals surface area (Å²) in [4.78, 5) is 18.3. The maximum atomic E-state index is 12.4. The number of carbonyl (C=O) groups excluding carboxylic acids is 1. The first-order valence-corrected chi connectivity index (χ1v) is 7.75. The van der Waals surface area contributed by atoms with E-state index < -0.39 is 0 Å². The average molecular weight is 305 g/mol. The normalized spacial score (nSPS) is 10.6. The molecule has 2 rings (SSSR count). The lowest BCUT2D eigenvalue weighted by Crippen LogP contribution is -2.32. The topological polar surface area (TPSA) is 58.4 Å². The maximum absolute atomic E-state index is 12.4. The molecule has 0 saturated heterocycles. The van der Waals surface area contributed by atoms with Crippen LogP contribution in [-0.2, 0) is 18.4 Å². The third-order valence-electron chi connectivity index (χ3n) is 3.21. The Labute approximate surface area is 128 Å². The van der Waals surface area contributed by atoms with E-state index in [4.69, 9.17) is 5.11 Å². The van der Waals surface area contributed by atoms with Gasteiger partial charge in [-0.05, 0) is 19.1 Å². The van der Waals surface area contributed by atoms with Crippen LogP contribution in [0.3, 0.4) is 0 Å². The molecule has 0 atom stereocenters. The smallest absolute Gasteiger partial charge is 0.237 e. The summed E-state index contributed by atoms with van der Waals surface area (Å²) >= 11 is 1.38. The van der Waals surface area contributed by atoms with E-state index in [1.165, 1.54) is 11.8 Å². The molecular weight excluding hydrogens is 286 g/mol. The second-order valence-electron chi connectivity index (χ2n) is 4.51. The Morgan fingerprint density at radius 3 is 2.67 bits per heavy atom. The molecule has 1 heterocycles. The molecule has 112 valence electrons. The fourth-order valence-electron chi connectivity index (χ4n) is 2.02. The third kappa shape index (κ3) is 3.65. The number of aliphatic hydroxyl groups excluding tert-OH is 1. The van der Waals surface area contributed by atoms with Crippen LogP contribution in [0, 0.1) is 0 Å². The molecule has 5 nitrogen and oxygen atoms in total. The van der Waals surface area contributed by atoms with Gasteiger partial charge in [0.25, 0.3) is 0 Å². The van der Waals surface area contributed by atoms with Crippen LogP contribution in [0.25, 0.3) is 0 Å². The van der Waals surface area contributed by atoms with Gasteiger partial charge in [0.1, 0.15) is 0 Å². The quantitative estimate of drug-likeness (QED) is 0.830. The average Bonchev–Trinajstić information content (AvgIpc) is 2.87. The number of para-hydroxylation sites is 1. The molecule has 0 aliphatic heterocycles. The summed E-state index contributed by atoms with van der Waals surface area (Å²) in [5.74, 6) is 0.362. The molecule has 0 unspecified atom stereocenters. The number of aliphatic hydroxyl groups is 1. The lowest BCUT2D eigenvalue weighted by Gasteiger charge is -2.20. The highest BCUT2D eigenvalue weighted by atomic mass is 32.2. The first kappa shape index (κ1) is 15.6. The summed E-state index contributed by atoms with van der Waals surface area (Å²) < 4.78 is 1.80. The Balaban J connectivity index is 2.01. The Morgan fingerprint density at radius 1 is 1.38 bits per heavy atom. The van der Waals surface area contributed by atoms with E-state index in [1.807, 2.05) is 44.3 Å². The zero-order chi connectivity index (χ0) is 15.2. The van der Waals surface area contributed by atoms with Crippen molar-refractivity contribution in [3.63, 3.8) is 0 Å². The molecule has 0 saturated carbocycles. The number of carbonyl (C=O) groups is 1. The highest BCUT2D eigenvalue weighted by Crippen LogP contribution is 2.20. The third-order valence-corrected chi connectivity index (χ3v) is 4.24. The highest BCUT2D eigenvalue weighted by Gasteiger charge is 2.15. The fourth-order valence-corrected chi connectivity index (χ4v) is 2.87. The van der Waals surface area contributed by atoms with Gasteiger partial charge in [-0.1, -0.05) is 30.0 Å². The zero-order valence-electron chi connectivity index (χ0n) is 12.2. The van der Waals surface area contributed by atoms with E-state index in [1.54, 1.807) is 15.7 Å². The molecule has 0 fully saturated rings. The van der Waals surface area contributed by atoms with Crippen molar-refractivity contribution in [1.82, 2.24) is 9.55 Å². The number of rotatable bonds is 6. The number of imidazole rings is 1. The van der Waals surface area contributed by atoms with Gasteiger partial charge in [0, 0.05) is 19.3 Å². The van der Waals surface area contributed by atoms with Gasteiger partial charge in [0.2, 0.25) is 5.91 Å². The Morgan fingerprint density at radius 2 is 2.10 bits per heavy atom. The van der Waals surface area contributed by atoms with Crippen LogP contribution in [0.15, 0.2) is 41.7 Å². The van der Waals surface area contributed by atoms with Crippen molar-refractivity contribution in [2.24, 2.45) is 7.05 Å². The molecule has 0 spiro atoms. The Bertz CT molecular complexity index is 598. The van der Waals surface area contributed by atoms with Crippen LogP contribution in [0.5, 0.6) is 0 Å². The lowest BCUT2D eigenvalue weighted by atomic mass is 10.3. The number of anilines is 1. The second kappa shape index (κ2) is 7.28. The van der Waals surface area contributed by atoms with Crippen molar-refractivity contribution in [3.8, 4) is 0 Å². The summed E-state index contributed by atoms with van der Waals surface area (Å²) in [6.45, 7) is 2.54. The maximum Gasteiger partial charge on any atom is 0.237 e. The fraction of sp³-hybridized carbons (Fsp3) is 0.333. The van der Waals surface area contributed by atoms with Crippen molar-refractivity contribution in [2.75, 3.05) is 17.2 Å². The summed E-state index contributed by atoms with van der Waals surface area (Å²) in [5, 5.41) is 9.87. The Kier molecular flexibility index (Phi) is 5.41. The van der Waals surface area contributed by atoms with E-state index >= 15 is 0 Å². The van der Waals surface area contributed by atoms with Gasteiger partial charge in [-0.2, -0.15) is 0 Å². The van der Waals surface area contributed by atoms with Gasteiger partial charge in [-0.15, -0.1) is 0 Å². The molecule has 1 amide bonds. The molecule has 21 heavy (non-hydrogen) atoms. The summed E-state index contributed by atoms with van der Waals surface area (Å²) in [6.07, 6.45) is 1.63. The number of amides is 1. The number of nitrogens with zero attached hydrogens (tertiary/aromatic N) is 3. The number of thioether (sulfide) groups is 1. The minimum absolute atomic E-state index is 0.0437. The van der Waals surface area contributed by atoms with E-state index in [0.29, 0.717) is 12.3 Å². The van der Waals surface area contributed by atoms with Crippen LogP contribution in [0.1, 0.15) is 12.6 Å². The SMILES string of the molecule is CCN(C(=O)CSc1ncc(CO)n1C)c1ccccc1. The Hall–Kier alpha value is -1.79. The van der Waals surface area contributed by atoms with Gasteiger partial charge < -0.3 is 14.6 Å². The van der Waals surface area contributed by atoms with Crippen LogP contribution in [0.2, 0.25) is 0 Å². The van der Waals surface area contributed by atoms with Crippen LogP contribution in [0.4, 0.5) is 5.69 Å². The number of aromatic nitrogens is 2. The minimum Gasteiger partial charge on any atom is -0.390 e. The van der Waals surface area contributed by atoms with Crippen molar-refractivity contribution in [2.45, 2.75) is 18.7 Å². The summed E-state index contributed by atoms with van der Waals surface area (Å²) in [5.41, 5.74) is 1.64. The molecule has 0 aliphatic rings. The highest BCUT2D eigenvalue weighted by molar-refractivity contribution is 7.99.